The lowest BCUT2D eigenvalue weighted by Crippen LogP contribution is -2.49. The highest BCUT2D eigenvalue weighted by atomic mass is 19.3. The SMILES string of the molecule is COc1nc(NC2CCC(C)(NC(C)=O)CC2)nc2[nH]cc(-c3cc(F)c4nc(C)n(CC(F)F)c4c3)c12. The molecule has 12 heteroatoms. The number of imidazole rings is 1. The van der Waals surface area contributed by atoms with E-state index >= 15 is 4.39 Å². The maximum atomic E-state index is 15.0. The summed E-state index contributed by atoms with van der Waals surface area (Å²) in [7, 11) is 1.49. The molecule has 9 nitrogen and oxygen atoms in total. The van der Waals surface area contributed by atoms with Crippen molar-refractivity contribution in [3.8, 4) is 17.0 Å². The number of halogens is 3. The molecule has 1 fully saturated rings. The number of methoxy groups -OCH3 is 1. The van der Waals surface area contributed by atoms with Crippen molar-refractivity contribution in [1.29, 1.82) is 0 Å². The fourth-order valence-corrected chi connectivity index (χ4v) is 5.39. The first kappa shape index (κ1) is 25.8. The van der Waals surface area contributed by atoms with Crippen molar-refractivity contribution in [3.05, 3.63) is 30.0 Å². The van der Waals surface area contributed by atoms with Crippen LogP contribution in [0.5, 0.6) is 5.88 Å². The Bertz CT molecular complexity index is 1510. The number of fused-ring (bicyclic) bond motifs is 2. The Morgan fingerprint density at radius 3 is 2.66 bits per heavy atom. The number of aromatic amines is 1. The van der Waals surface area contributed by atoms with Gasteiger partial charge in [0.15, 0.2) is 5.82 Å². The highest BCUT2D eigenvalue weighted by Gasteiger charge is 2.32. The number of H-pyrrole nitrogens is 1. The van der Waals surface area contributed by atoms with Crippen LogP contribution >= 0.6 is 0 Å². The third kappa shape index (κ3) is 4.86. The topological polar surface area (TPSA) is 110 Å². The number of rotatable bonds is 7. The molecule has 0 aliphatic heterocycles. The van der Waals surface area contributed by atoms with Gasteiger partial charge in [-0.25, -0.2) is 18.2 Å². The van der Waals surface area contributed by atoms with Crippen LogP contribution in [0.1, 0.15) is 45.4 Å². The van der Waals surface area contributed by atoms with E-state index in [1.807, 2.05) is 0 Å². The number of anilines is 1. The van der Waals surface area contributed by atoms with E-state index in [-0.39, 0.29) is 28.5 Å². The largest absolute Gasteiger partial charge is 0.480 e. The summed E-state index contributed by atoms with van der Waals surface area (Å²) in [6, 6.07) is 3.09. The average Bonchev–Trinajstić information content (AvgIpc) is 3.41. The first-order valence-electron chi connectivity index (χ1n) is 12.5. The van der Waals surface area contributed by atoms with E-state index in [1.165, 1.54) is 24.7 Å². The second-order valence-electron chi connectivity index (χ2n) is 10.1. The van der Waals surface area contributed by atoms with Gasteiger partial charge >= 0.3 is 0 Å². The zero-order chi connectivity index (χ0) is 27.2. The second-order valence-corrected chi connectivity index (χ2v) is 10.1. The summed E-state index contributed by atoms with van der Waals surface area (Å²) >= 11 is 0. The number of benzene rings is 1. The lowest BCUT2D eigenvalue weighted by molar-refractivity contribution is -0.121. The lowest BCUT2D eigenvalue weighted by Gasteiger charge is -2.38. The molecule has 0 saturated heterocycles. The van der Waals surface area contributed by atoms with Crippen LogP contribution in [0.2, 0.25) is 0 Å². The molecule has 4 aromatic rings. The van der Waals surface area contributed by atoms with Crippen molar-refractivity contribution >= 4 is 33.9 Å². The Morgan fingerprint density at radius 1 is 1.26 bits per heavy atom. The normalized spacial score (nSPS) is 19.8. The van der Waals surface area contributed by atoms with Gasteiger partial charge in [0.25, 0.3) is 6.43 Å². The van der Waals surface area contributed by atoms with Gasteiger partial charge in [0.1, 0.15) is 17.0 Å². The number of carbonyl (C=O) groups excluding carboxylic acids is 1. The molecule has 0 radical (unpaired) electrons. The van der Waals surface area contributed by atoms with Gasteiger partial charge < -0.3 is 24.9 Å². The van der Waals surface area contributed by atoms with Crippen molar-refractivity contribution in [3.63, 3.8) is 0 Å². The number of aromatic nitrogens is 5. The zero-order valence-electron chi connectivity index (χ0n) is 21.7. The van der Waals surface area contributed by atoms with Gasteiger partial charge in [-0.2, -0.15) is 9.97 Å². The molecule has 1 aliphatic rings. The van der Waals surface area contributed by atoms with Gasteiger partial charge in [-0.15, -0.1) is 0 Å². The molecule has 1 saturated carbocycles. The minimum Gasteiger partial charge on any atom is -0.480 e. The van der Waals surface area contributed by atoms with E-state index in [1.54, 1.807) is 19.2 Å². The fraction of sp³-hybridized carbons (Fsp3) is 0.462. The number of nitrogens with one attached hydrogen (secondary N) is 3. The van der Waals surface area contributed by atoms with Crippen molar-refractivity contribution in [2.24, 2.45) is 0 Å². The van der Waals surface area contributed by atoms with E-state index in [9.17, 15) is 13.6 Å². The molecular formula is C26H30F3N7O2. The van der Waals surface area contributed by atoms with Crippen LogP contribution in [-0.4, -0.2) is 55.5 Å². The summed E-state index contributed by atoms with van der Waals surface area (Å²) in [6.45, 7) is 4.58. The molecule has 1 amide bonds. The molecule has 1 aliphatic carbocycles. The number of amides is 1. The molecule has 5 rings (SSSR count). The van der Waals surface area contributed by atoms with Gasteiger partial charge in [-0.05, 0) is 57.2 Å². The Kier molecular flexibility index (Phi) is 6.66. The van der Waals surface area contributed by atoms with Gasteiger partial charge in [0.05, 0.1) is 24.6 Å². The van der Waals surface area contributed by atoms with E-state index in [2.05, 4.69) is 37.5 Å². The maximum absolute atomic E-state index is 15.0. The summed E-state index contributed by atoms with van der Waals surface area (Å²) in [6.07, 6.45) is 2.39. The Morgan fingerprint density at radius 2 is 2.00 bits per heavy atom. The number of hydrogen-bond donors (Lipinski definition) is 3. The minimum absolute atomic E-state index is 0.0346. The molecule has 38 heavy (non-hydrogen) atoms. The lowest BCUT2D eigenvalue weighted by atomic mass is 9.81. The van der Waals surface area contributed by atoms with Crippen LogP contribution in [0, 0.1) is 12.7 Å². The zero-order valence-corrected chi connectivity index (χ0v) is 21.7. The quantitative estimate of drug-likeness (QED) is 0.313. The molecule has 0 spiro atoms. The number of nitrogens with zero attached hydrogens (tertiary/aromatic N) is 4. The van der Waals surface area contributed by atoms with Crippen molar-refractivity contribution in [2.75, 3.05) is 12.4 Å². The van der Waals surface area contributed by atoms with E-state index in [0.717, 1.165) is 25.7 Å². The molecule has 202 valence electrons. The second kappa shape index (κ2) is 9.80. The van der Waals surface area contributed by atoms with E-state index < -0.39 is 18.8 Å². The number of hydrogen-bond acceptors (Lipinski definition) is 6. The van der Waals surface area contributed by atoms with Gasteiger partial charge in [-0.3, -0.25) is 4.79 Å². The van der Waals surface area contributed by atoms with Crippen LogP contribution < -0.4 is 15.4 Å². The molecule has 3 aromatic heterocycles. The summed E-state index contributed by atoms with van der Waals surface area (Å²) in [5.41, 5.74) is 1.64. The van der Waals surface area contributed by atoms with Crippen molar-refractivity contribution in [2.45, 2.75) is 71.0 Å². The number of ether oxygens (including phenoxy) is 1. The van der Waals surface area contributed by atoms with Crippen LogP contribution in [0.3, 0.4) is 0 Å². The average molecular weight is 530 g/mol. The highest BCUT2D eigenvalue weighted by molar-refractivity contribution is 5.99. The van der Waals surface area contributed by atoms with Crippen molar-refractivity contribution in [1.82, 2.24) is 29.8 Å². The predicted molar refractivity (Wildman–Crippen MR) is 138 cm³/mol. The molecule has 1 aromatic carbocycles. The monoisotopic (exact) mass is 529 g/mol. The van der Waals surface area contributed by atoms with Crippen molar-refractivity contribution < 1.29 is 22.7 Å². The maximum Gasteiger partial charge on any atom is 0.256 e. The number of alkyl halides is 2. The molecule has 3 heterocycles. The van der Waals surface area contributed by atoms with E-state index in [0.29, 0.717) is 39.8 Å². The number of aryl methyl sites for hydroxylation is 1. The molecule has 3 N–H and O–H groups in total. The Labute approximate surface area is 217 Å². The van der Waals surface area contributed by atoms with E-state index in [4.69, 9.17) is 4.74 Å². The van der Waals surface area contributed by atoms with Crippen LogP contribution in [-0.2, 0) is 11.3 Å². The highest BCUT2D eigenvalue weighted by Crippen LogP contribution is 2.37. The molecule has 0 unspecified atom stereocenters. The van der Waals surface area contributed by atoms with Crippen LogP contribution in [0.25, 0.3) is 33.2 Å². The molecular weight excluding hydrogens is 499 g/mol. The number of carbonyl (C=O) groups is 1. The summed E-state index contributed by atoms with van der Waals surface area (Å²) in [5, 5.41) is 6.96. The first-order valence-corrected chi connectivity index (χ1v) is 12.5. The predicted octanol–water partition coefficient (Wildman–Crippen LogP) is 4.95. The Balaban J connectivity index is 1.46. The molecule has 0 bridgehead atoms. The summed E-state index contributed by atoms with van der Waals surface area (Å²) < 4.78 is 48.3. The smallest absolute Gasteiger partial charge is 0.256 e. The fourth-order valence-electron chi connectivity index (χ4n) is 5.39. The Hall–Kier alpha value is -3.83. The van der Waals surface area contributed by atoms with Gasteiger partial charge in [0, 0.05) is 30.3 Å². The van der Waals surface area contributed by atoms with Crippen LogP contribution in [0.15, 0.2) is 18.3 Å². The summed E-state index contributed by atoms with van der Waals surface area (Å²) in [5.74, 6) is 0.359. The van der Waals surface area contributed by atoms with Gasteiger partial charge in [-0.1, -0.05) is 0 Å². The minimum atomic E-state index is -2.60. The molecule has 0 atom stereocenters. The van der Waals surface area contributed by atoms with Crippen LogP contribution in [0.4, 0.5) is 19.1 Å². The third-order valence-electron chi connectivity index (χ3n) is 7.22. The summed E-state index contributed by atoms with van der Waals surface area (Å²) in [4.78, 5) is 27.9. The third-order valence-corrected chi connectivity index (χ3v) is 7.22. The standard InChI is InChI=1S/C26H30F3N7O2/c1-13-31-22-18(27)9-15(10-19(22)36(13)12-20(28)29)17-11-30-23-21(17)24(38-4)34-25(33-23)32-16-5-7-26(3,8-6-16)35-14(2)37/h9-11,16,20H,5-8,12H2,1-4H3,(H,35,37)(H2,30,32,33,34). The van der Waals surface area contributed by atoms with Gasteiger partial charge in [0.2, 0.25) is 17.7 Å². The first-order chi connectivity index (χ1) is 18.1.